The predicted molar refractivity (Wildman–Crippen MR) is 92.3 cm³/mol. The molecule has 1 aliphatic carbocycles. The Labute approximate surface area is 153 Å². The second-order valence-corrected chi connectivity index (χ2v) is 6.66. The van der Waals surface area contributed by atoms with Crippen molar-refractivity contribution in [3.05, 3.63) is 51.8 Å². The van der Waals surface area contributed by atoms with Gasteiger partial charge in [0.05, 0.1) is 5.41 Å². The summed E-state index contributed by atoms with van der Waals surface area (Å²) in [6.07, 6.45) is -1.30. The lowest BCUT2D eigenvalue weighted by atomic mass is 9.91. The standard InChI is InChI=1S/C17H17ClF2N4O2/c1-9-4-3-5-10(18)13(9)17(6-7-17)16(21)23-26-15(25)11-8-12(14(19)20)24(2)22-11/h3-5,8,14H,6-7H2,1-2H3,(H2,21,23). The van der Waals surface area contributed by atoms with Crippen molar-refractivity contribution in [3.8, 4) is 0 Å². The Bertz CT molecular complexity index is 871. The molecular formula is C17H17ClF2N4O2. The van der Waals surface area contributed by atoms with Crippen molar-refractivity contribution in [2.45, 2.75) is 31.6 Å². The summed E-state index contributed by atoms with van der Waals surface area (Å²) in [5, 5.41) is 8.00. The van der Waals surface area contributed by atoms with Gasteiger partial charge in [-0.3, -0.25) is 4.68 Å². The van der Waals surface area contributed by atoms with Gasteiger partial charge in [-0.2, -0.15) is 5.10 Å². The number of benzene rings is 1. The van der Waals surface area contributed by atoms with Crippen molar-refractivity contribution in [3.63, 3.8) is 0 Å². The molecule has 0 atom stereocenters. The molecule has 0 amide bonds. The van der Waals surface area contributed by atoms with E-state index in [0.29, 0.717) is 5.02 Å². The van der Waals surface area contributed by atoms with Crippen LogP contribution in [0.1, 0.15) is 46.6 Å². The average molecular weight is 383 g/mol. The van der Waals surface area contributed by atoms with Crippen LogP contribution in [0, 0.1) is 6.92 Å². The summed E-state index contributed by atoms with van der Waals surface area (Å²) in [5.41, 5.74) is 6.66. The Kier molecular flexibility index (Phi) is 4.70. The number of carbonyl (C=O) groups excluding carboxylic acids is 1. The fraction of sp³-hybridized carbons (Fsp3) is 0.353. The minimum atomic E-state index is -2.75. The van der Waals surface area contributed by atoms with E-state index in [0.717, 1.165) is 34.7 Å². The molecule has 1 aromatic carbocycles. The van der Waals surface area contributed by atoms with Gasteiger partial charge < -0.3 is 10.6 Å². The third-order valence-electron chi connectivity index (χ3n) is 4.52. The zero-order chi connectivity index (χ0) is 19.1. The molecule has 1 heterocycles. The van der Waals surface area contributed by atoms with E-state index in [1.54, 1.807) is 6.07 Å². The van der Waals surface area contributed by atoms with E-state index >= 15 is 0 Å². The van der Waals surface area contributed by atoms with Gasteiger partial charge in [0, 0.05) is 18.1 Å². The highest BCUT2D eigenvalue weighted by Crippen LogP contribution is 2.51. The minimum Gasteiger partial charge on any atom is -0.384 e. The number of hydrogen-bond donors (Lipinski definition) is 1. The first kappa shape index (κ1) is 18.3. The van der Waals surface area contributed by atoms with Crippen LogP contribution in [0.2, 0.25) is 5.02 Å². The number of amidine groups is 1. The van der Waals surface area contributed by atoms with Gasteiger partial charge in [0.25, 0.3) is 6.43 Å². The first-order valence-electron chi connectivity index (χ1n) is 7.89. The average Bonchev–Trinajstić information content (AvgIpc) is 3.27. The number of alkyl halides is 2. The number of oxime groups is 1. The van der Waals surface area contributed by atoms with Crippen LogP contribution in [0.3, 0.4) is 0 Å². The van der Waals surface area contributed by atoms with Crippen molar-refractivity contribution in [1.82, 2.24) is 9.78 Å². The van der Waals surface area contributed by atoms with E-state index in [1.807, 2.05) is 19.1 Å². The molecule has 2 aromatic rings. The number of carbonyl (C=O) groups is 1. The number of aryl methyl sites for hydroxylation is 2. The van der Waals surface area contributed by atoms with E-state index < -0.39 is 17.8 Å². The summed E-state index contributed by atoms with van der Waals surface area (Å²) in [4.78, 5) is 16.8. The number of rotatable bonds is 5. The third kappa shape index (κ3) is 3.16. The third-order valence-corrected chi connectivity index (χ3v) is 4.83. The topological polar surface area (TPSA) is 82.5 Å². The van der Waals surface area contributed by atoms with Gasteiger partial charge in [-0.15, -0.1) is 0 Å². The predicted octanol–water partition coefficient (Wildman–Crippen LogP) is 3.48. The SMILES string of the molecule is Cc1cccc(Cl)c1C1(/C(N)=N/OC(=O)c2cc(C(F)F)n(C)n2)CC1. The zero-order valence-corrected chi connectivity index (χ0v) is 14.9. The van der Waals surface area contributed by atoms with Crippen LogP contribution in [0.4, 0.5) is 8.78 Å². The quantitative estimate of drug-likeness (QED) is 0.371. The Hall–Kier alpha value is -2.48. The van der Waals surface area contributed by atoms with Crippen molar-refractivity contribution in [2.24, 2.45) is 17.9 Å². The van der Waals surface area contributed by atoms with Crippen LogP contribution < -0.4 is 5.73 Å². The van der Waals surface area contributed by atoms with Crippen LogP contribution in [-0.4, -0.2) is 21.6 Å². The first-order valence-corrected chi connectivity index (χ1v) is 8.27. The minimum absolute atomic E-state index is 0.118. The van der Waals surface area contributed by atoms with Gasteiger partial charge in [0.1, 0.15) is 5.69 Å². The Morgan fingerprint density at radius 3 is 2.69 bits per heavy atom. The molecule has 9 heteroatoms. The van der Waals surface area contributed by atoms with Crippen LogP contribution >= 0.6 is 11.6 Å². The van der Waals surface area contributed by atoms with E-state index in [1.165, 1.54) is 7.05 Å². The number of halogens is 3. The number of nitrogens with zero attached hydrogens (tertiary/aromatic N) is 3. The highest BCUT2D eigenvalue weighted by atomic mass is 35.5. The second kappa shape index (κ2) is 6.68. The van der Waals surface area contributed by atoms with Crippen molar-refractivity contribution in [1.29, 1.82) is 0 Å². The monoisotopic (exact) mass is 382 g/mol. The number of hydrogen-bond acceptors (Lipinski definition) is 4. The molecule has 3 rings (SSSR count). The Morgan fingerprint density at radius 1 is 1.46 bits per heavy atom. The van der Waals surface area contributed by atoms with E-state index in [-0.39, 0.29) is 17.2 Å². The van der Waals surface area contributed by atoms with Gasteiger partial charge in [0.15, 0.2) is 11.5 Å². The van der Waals surface area contributed by atoms with Crippen LogP contribution in [0.15, 0.2) is 29.4 Å². The summed E-state index contributed by atoms with van der Waals surface area (Å²) in [6, 6.07) is 6.49. The summed E-state index contributed by atoms with van der Waals surface area (Å²) >= 11 is 6.30. The largest absolute Gasteiger partial charge is 0.385 e. The summed E-state index contributed by atoms with van der Waals surface area (Å²) in [7, 11) is 1.31. The fourth-order valence-electron chi connectivity index (χ4n) is 3.01. The summed E-state index contributed by atoms with van der Waals surface area (Å²) in [5.74, 6) is -0.839. The first-order chi connectivity index (χ1) is 12.3. The summed E-state index contributed by atoms with van der Waals surface area (Å²) in [6.45, 7) is 1.92. The van der Waals surface area contributed by atoms with Crippen molar-refractivity contribution >= 4 is 23.4 Å². The van der Waals surface area contributed by atoms with Gasteiger partial charge in [-0.1, -0.05) is 28.9 Å². The maximum Gasteiger partial charge on any atom is 0.385 e. The van der Waals surface area contributed by atoms with Crippen LogP contribution in [-0.2, 0) is 17.3 Å². The Morgan fingerprint density at radius 2 is 2.15 bits per heavy atom. The second-order valence-electron chi connectivity index (χ2n) is 6.25. The van der Waals surface area contributed by atoms with Gasteiger partial charge >= 0.3 is 5.97 Å². The maximum atomic E-state index is 12.8. The van der Waals surface area contributed by atoms with Crippen LogP contribution in [0.25, 0.3) is 0 Å². The molecule has 0 aliphatic heterocycles. The number of aromatic nitrogens is 2. The number of nitrogens with two attached hydrogens (primary N) is 1. The van der Waals surface area contributed by atoms with Gasteiger partial charge in [-0.25, -0.2) is 13.6 Å². The molecule has 138 valence electrons. The lowest BCUT2D eigenvalue weighted by molar-refractivity contribution is 0.0506. The molecule has 6 nitrogen and oxygen atoms in total. The fourth-order valence-corrected chi connectivity index (χ4v) is 3.41. The molecule has 0 saturated heterocycles. The highest BCUT2D eigenvalue weighted by Gasteiger charge is 2.50. The van der Waals surface area contributed by atoms with E-state index in [4.69, 9.17) is 22.2 Å². The van der Waals surface area contributed by atoms with Crippen LogP contribution in [0.5, 0.6) is 0 Å². The maximum absolute atomic E-state index is 12.8. The molecule has 0 spiro atoms. The van der Waals surface area contributed by atoms with Crippen molar-refractivity contribution < 1.29 is 18.4 Å². The Balaban J connectivity index is 1.80. The lowest BCUT2D eigenvalue weighted by Crippen LogP contribution is -2.30. The lowest BCUT2D eigenvalue weighted by Gasteiger charge is -2.18. The molecule has 0 bridgehead atoms. The van der Waals surface area contributed by atoms with E-state index in [9.17, 15) is 13.6 Å². The van der Waals surface area contributed by atoms with E-state index in [2.05, 4.69) is 10.3 Å². The molecular weight excluding hydrogens is 366 g/mol. The molecule has 1 saturated carbocycles. The highest BCUT2D eigenvalue weighted by molar-refractivity contribution is 6.32. The molecule has 0 unspecified atom stereocenters. The zero-order valence-electron chi connectivity index (χ0n) is 14.2. The molecule has 1 aromatic heterocycles. The molecule has 0 radical (unpaired) electrons. The van der Waals surface area contributed by atoms with Gasteiger partial charge in [0.2, 0.25) is 0 Å². The molecule has 2 N–H and O–H groups in total. The molecule has 26 heavy (non-hydrogen) atoms. The van der Waals surface area contributed by atoms with Crippen molar-refractivity contribution in [2.75, 3.05) is 0 Å². The normalized spacial score (nSPS) is 16.0. The van der Waals surface area contributed by atoms with Gasteiger partial charge in [-0.05, 0) is 37.0 Å². The summed E-state index contributed by atoms with van der Waals surface area (Å²) < 4.78 is 26.5. The molecule has 1 aliphatic rings. The smallest absolute Gasteiger partial charge is 0.384 e. The molecule has 1 fully saturated rings.